The summed E-state index contributed by atoms with van der Waals surface area (Å²) in [7, 11) is 0. The second kappa shape index (κ2) is 6.58. The number of thioether (sulfide) groups is 1. The SMILES string of the molecule is CCCc1nc(N)cc(NC(C)CSC)n1. The summed E-state index contributed by atoms with van der Waals surface area (Å²) in [5.41, 5.74) is 5.74. The van der Waals surface area contributed by atoms with Gasteiger partial charge < -0.3 is 11.1 Å². The van der Waals surface area contributed by atoms with Gasteiger partial charge in [0, 0.05) is 24.3 Å². The normalized spacial score (nSPS) is 12.4. The first-order chi connectivity index (χ1) is 7.65. The molecule has 0 aromatic carbocycles. The predicted molar refractivity (Wildman–Crippen MR) is 71.9 cm³/mol. The lowest BCUT2D eigenvalue weighted by Crippen LogP contribution is -2.19. The van der Waals surface area contributed by atoms with Crippen molar-refractivity contribution in [1.82, 2.24) is 9.97 Å². The van der Waals surface area contributed by atoms with Gasteiger partial charge in [0.05, 0.1) is 0 Å². The molecule has 0 saturated carbocycles. The Morgan fingerprint density at radius 3 is 2.88 bits per heavy atom. The average Bonchev–Trinajstić information content (AvgIpc) is 2.17. The molecule has 1 aromatic rings. The monoisotopic (exact) mass is 240 g/mol. The molecule has 4 nitrogen and oxygen atoms in total. The van der Waals surface area contributed by atoms with Gasteiger partial charge in [0.1, 0.15) is 17.5 Å². The number of anilines is 2. The standard InChI is InChI=1S/C11H20N4S/c1-4-5-10-14-9(12)6-11(15-10)13-8(2)7-16-3/h6,8H,4-5,7H2,1-3H3,(H3,12,13,14,15). The van der Waals surface area contributed by atoms with Gasteiger partial charge >= 0.3 is 0 Å². The smallest absolute Gasteiger partial charge is 0.133 e. The predicted octanol–water partition coefficient (Wildman–Crippen LogP) is 2.17. The van der Waals surface area contributed by atoms with Crippen LogP contribution < -0.4 is 11.1 Å². The molecule has 0 aliphatic rings. The number of rotatable bonds is 6. The summed E-state index contributed by atoms with van der Waals surface area (Å²) in [6.07, 6.45) is 3.99. The quantitative estimate of drug-likeness (QED) is 0.798. The first-order valence-electron chi connectivity index (χ1n) is 5.54. The van der Waals surface area contributed by atoms with Gasteiger partial charge in [0.15, 0.2) is 0 Å². The molecular weight excluding hydrogens is 220 g/mol. The fraction of sp³-hybridized carbons (Fsp3) is 0.636. The molecule has 0 aliphatic carbocycles. The summed E-state index contributed by atoms with van der Waals surface area (Å²) in [5.74, 6) is 3.24. The number of aryl methyl sites for hydroxylation is 1. The molecule has 0 amide bonds. The zero-order valence-electron chi connectivity index (χ0n) is 10.2. The Hall–Kier alpha value is -0.970. The number of nitrogens with zero attached hydrogens (tertiary/aromatic N) is 2. The van der Waals surface area contributed by atoms with E-state index in [4.69, 9.17) is 5.73 Å². The first-order valence-corrected chi connectivity index (χ1v) is 6.94. The molecule has 1 atom stereocenters. The van der Waals surface area contributed by atoms with E-state index < -0.39 is 0 Å². The maximum Gasteiger partial charge on any atom is 0.133 e. The van der Waals surface area contributed by atoms with Crippen molar-refractivity contribution in [3.05, 3.63) is 11.9 Å². The summed E-state index contributed by atoms with van der Waals surface area (Å²) in [6, 6.07) is 2.18. The Morgan fingerprint density at radius 2 is 2.25 bits per heavy atom. The van der Waals surface area contributed by atoms with Gasteiger partial charge in [-0.15, -0.1) is 0 Å². The maximum atomic E-state index is 5.74. The number of nitrogens with two attached hydrogens (primary N) is 1. The number of nitrogen functional groups attached to an aromatic ring is 1. The number of aromatic nitrogens is 2. The van der Waals surface area contributed by atoms with Crippen LogP contribution in [0.2, 0.25) is 0 Å². The van der Waals surface area contributed by atoms with Crippen LogP contribution in [0.3, 0.4) is 0 Å². The molecule has 0 spiro atoms. The summed E-state index contributed by atoms with van der Waals surface area (Å²) in [4.78, 5) is 8.63. The Balaban J connectivity index is 2.71. The molecule has 0 radical (unpaired) electrons. The zero-order chi connectivity index (χ0) is 12.0. The van der Waals surface area contributed by atoms with Crippen LogP contribution in [-0.4, -0.2) is 28.0 Å². The molecule has 1 heterocycles. The third kappa shape index (κ3) is 4.26. The van der Waals surface area contributed by atoms with Crippen LogP contribution in [0.15, 0.2) is 6.07 Å². The van der Waals surface area contributed by atoms with Crippen molar-refractivity contribution in [3.63, 3.8) is 0 Å². The van der Waals surface area contributed by atoms with Gasteiger partial charge in [-0.1, -0.05) is 6.92 Å². The second-order valence-corrected chi connectivity index (χ2v) is 4.76. The topological polar surface area (TPSA) is 63.8 Å². The largest absolute Gasteiger partial charge is 0.384 e. The number of hydrogen-bond donors (Lipinski definition) is 2. The van der Waals surface area contributed by atoms with Gasteiger partial charge in [-0.2, -0.15) is 11.8 Å². The summed E-state index contributed by atoms with van der Waals surface area (Å²) in [6.45, 7) is 4.24. The minimum absolute atomic E-state index is 0.388. The van der Waals surface area contributed by atoms with E-state index in [1.54, 1.807) is 6.07 Å². The van der Waals surface area contributed by atoms with Crippen LogP contribution in [0.5, 0.6) is 0 Å². The van der Waals surface area contributed by atoms with Crippen LogP contribution >= 0.6 is 11.8 Å². The molecule has 0 aliphatic heterocycles. The van der Waals surface area contributed by atoms with E-state index in [-0.39, 0.29) is 0 Å². The van der Waals surface area contributed by atoms with Crippen molar-refractivity contribution >= 4 is 23.4 Å². The molecule has 3 N–H and O–H groups in total. The molecular formula is C11H20N4S. The van der Waals surface area contributed by atoms with Gasteiger partial charge in [0.2, 0.25) is 0 Å². The molecule has 0 saturated heterocycles. The zero-order valence-corrected chi connectivity index (χ0v) is 11.0. The Labute approximate surface area is 101 Å². The van der Waals surface area contributed by atoms with Crippen molar-refractivity contribution in [2.75, 3.05) is 23.1 Å². The van der Waals surface area contributed by atoms with E-state index in [9.17, 15) is 0 Å². The highest BCUT2D eigenvalue weighted by atomic mass is 32.2. The van der Waals surface area contributed by atoms with Gasteiger partial charge in [-0.25, -0.2) is 9.97 Å². The van der Waals surface area contributed by atoms with E-state index in [0.29, 0.717) is 11.9 Å². The van der Waals surface area contributed by atoms with Crippen molar-refractivity contribution in [3.8, 4) is 0 Å². The van der Waals surface area contributed by atoms with Crippen LogP contribution in [0, 0.1) is 0 Å². The van der Waals surface area contributed by atoms with Crippen LogP contribution in [0.1, 0.15) is 26.1 Å². The fourth-order valence-electron chi connectivity index (χ4n) is 1.47. The third-order valence-electron chi connectivity index (χ3n) is 2.08. The number of nitrogens with one attached hydrogen (secondary N) is 1. The fourth-order valence-corrected chi connectivity index (χ4v) is 2.05. The molecule has 0 fully saturated rings. The highest BCUT2D eigenvalue weighted by molar-refractivity contribution is 7.98. The molecule has 1 rings (SSSR count). The van der Waals surface area contributed by atoms with Crippen LogP contribution in [0.25, 0.3) is 0 Å². The van der Waals surface area contributed by atoms with Crippen molar-refractivity contribution in [1.29, 1.82) is 0 Å². The second-order valence-electron chi connectivity index (χ2n) is 3.85. The van der Waals surface area contributed by atoms with E-state index in [2.05, 4.69) is 35.4 Å². The molecule has 16 heavy (non-hydrogen) atoms. The maximum absolute atomic E-state index is 5.74. The molecule has 1 unspecified atom stereocenters. The highest BCUT2D eigenvalue weighted by Crippen LogP contribution is 2.12. The Bertz CT molecular complexity index is 330. The van der Waals surface area contributed by atoms with E-state index in [1.807, 2.05) is 11.8 Å². The van der Waals surface area contributed by atoms with Crippen molar-refractivity contribution in [2.24, 2.45) is 0 Å². The third-order valence-corrected chi connectivity index (χ3v) is 2.91. The summed E-state index contributed by atoms with van der Waals surface area (Å²) < 4.78 is 0. The average molecular weight is 240 g/mol. The van der Waals surface area contributed by atoms with Crippen LogP contribution in [0.4, 0.5) is 11.6 Å². The summed E-state index contributed by atoms with van der Waals surface area (Å²) >= 11 is 1.81. The minimum atomic E-state index is 0.388. The number of hydrogen-bond acceptors (Lipinski definition) is 5. The highest BCUT2D eigenvalue weighted by Gasteiger charge is 2.05. The van der Waals surface area contributed by atoms with E-state index in [0.717, 1.165) is 30.2 Å². The van der Waals surface area contributed by atoms with Crippen molar-refractivity contribution in [2.45, 2.75) is 32.7 Å². The summed E-state index contributed by atoms with van der Waals surface area (Å²) in [5, 5.41) is 3.33. The molecule has 90 valence electrons. The Morgan fingerprint density at radius 1 is 1.50 bits per heavy atom. The van der Waals surface area contributed by atoms with Gasteiger partial charge in [-0.05, 0) is 19.6 Å². The minimum Gasteiger partial charge on any atom is -0.384 e. The first kappa shape index (κ1) is 13.1. The van der Waals surface area contributed by atoms with E-state index >= 15 is 0 Å². The van der Waals surface area contributed by atoms with Crippen LogP contribution in [-0.2, 0) is 6.42 Å². The Kier molecular flexibility index (Phi) is 5.38. The lowest BCUT2D eigenvalue weighted by molar-refractivity contribution is 0.827. The molecule has 1 aromatic heterocycles. The lowest BCUT2D eigenvalue weighted by Gasteiger charge is -2.14. The van der Waals surface area contributed by atoms with E-state index in [1.165, 1.54) is 0 Å². The van der Waals surface area contributed by atoms with Gasteiger partial charge in [-0.3, -0.25) is 0 Å². The van der Waals surface area contributed by atoms with Crippen molar-refractivity contribution < 1.29 is 0 Å². The molecule has 0 bridgehead atoms. The lowest BCUT2D eigenvalue weighted by atomic mass is 10.3. The van der Waals surface area contributed by atoms with Gasteiger partial charge in [0.25, 0.3) is 0 Å². The molecule has 5 heteroatoms.